The third-order valence-electron chi connectivity index (χ3n) is 2.98. The van der Waals surface area contributed by atoms with Gasteiger partial charge in [0.2, 0.25) is 11.8 Å². The summed E-state index contributed by atoms with van der Waals surface area (Å²) in [5.41, 5.74) is 2.24. The molecule has 18 heavy (non-hydrogen) atoms. The lowest BCUT2D eigenvalue weighted by molar-refractivity contribution is -0.384. The van der Waals surface area contributed by atoms with Crippen molar-refractivity contribution in [3.05, 3.63) is 16.3 Å². The van der Waals surface area contributed by atoms with Crippen molar-refractivity contribution in [2.45, 2.75) is 25.7 Å². The van der Waals surface area contributed by atoms with Crippen LogP contribution in [0.3, 0.4) is 0 Å². The standard InChI is InChI=1S/C10H16N6O2/c11-14-10-12-7-8(16(17)18)9(13-10)15-5-3-1-2-4-6-15/h7H,1-6,11H2,(H,12,13,14). The lowest BCUT2D eigenvalue weighted by atomic mass is 10.2. The highest BCUT2D eigenvalue weighted by molar-refractivity contribution is 5.58. The van der Waals surface area contributed by atoms with Gasteiger partial charge in [0.25, 0.3) is 0 Å². The van der Waals surface area contributed by atoms with Gasteiger partial charge < -0.3 is 4.90 Å². The summed E-state index contributed by atoms with van der Waals surface area (Å²) in [6.07, 6.45) is 5.54. The highest BCUT2D eigenvalue weighted by Crippen LogP contribution is 2.27. The van der Waals surface area contributed by atoms with Crippen molar-refractivity contribution < 1.29 is 4.92 Å². The molecule has 1 aromatic heterocycles. The molecule has 1 fully saturated rings. The number of nitrogens with one attached hydrogen (secondary N) is 1. The Morgan fingerprint density at radius 1 is 1.33 bits per heavy atom. The molecule has 0 saturated carbocycles. The topological polar surface area (TPSA) is 110 Å². The van der Waals surface area contributed by atoms with Gasteiger partial charge in [-0.1, -0.05) is 12.8 Å². The second kappa shape index (κ2) is 5.58. The first-order valence-corrected chi connectivity index (χ1v) is 5.95. The Labute approximate surface area is 104 Å². The molecule has 1 aliphatic heterocycles. The lowest BCUT2D eigenvalue weighted by Gasteiger charge is -2.21. The predicted molar refractivity (Wildman–Crippen MR) is 67.2 cm³/mol. The monoisotopic (exact) mass is 252 g/mol. The lowest BCUT2D eigenvalue weighted by Crippen LogP contribution is -2.26. The van der Waals surface area contributed by atoms with Crippen LogP contribution in [0.4, 0.5) is 17.5 Å². The maximum absolute atomic E-state index is 11.0. The van der Waals surface area contributed by atoms with Gasteiger partial charge in [-0.05, 0) is 12.8 Å². The minimum absolute atomic E-state index is 0.0732. The van der Waals surface area contributed by atoms with Crippen LogP contribution in [0.2, 0.25) is 0 Å². The van der Waals surface area contributed by atoms with Gasteiger partial charge in [-0.25, -0.2) is 10.8 Å². The van der Waals surface area contributed by atoms with Gasteiger partial charge in [0.15, 0.2) is 0 Å². The number of nitrogens with zero attached hydrogens (tertiary/aromatic N) is 4. The van der Waals surface area contributed by atoms with Crippen molar-refractivity contribution >= 4 is 17.5 Å². The van der Waals surface area contributed by atoms with Gasteiger partial charge in [0.05, 0.1) is 4.92 Å². The minimum atomic E-state index is -0.458. The molecule has 98 valence electrons. The largest absolute Gasteiger partial charge is 0.351 e. The number of hydrogen-bond acceptors (Lipinski definition) is 7. The van der Waals surface area contributed by atoms with Crippen molar-refractivity contribution in [2.75, 3.05) is 23.4 Å². The van der Waals surface area contributed by atoms with E-state index in [0.717, 1.165) is 38.8 Å². The molecular formula is C10H16N6O2. The van der Waals surface area contributed by atoms with E-state index in [1.807, 2.05) is 4.90 Å². The van der Waals surface area contributed by atoms with Crippen molar-refractivity contribution in [1.82, 2.24) is 9.97 Å². The van der Waals surface area contributed by atoms with Gasteiger partial charge in [-0.2, -0.15) is 4.98 Å². The zero-order chi connectivity index (χ0) is 13.0. The molecule has 8 heteroatoms. The second-order valence-corrected chi connectivity index (χ2v) is 4.21. The van der Waals surface area contributed by atoms with Gasteiger partial charge in [0, 0.05) is 13.1 Å². The Balaban J connectivity index is 2.35. The smallest absolute Gasteiger partial charge is 0.329 e. The van der Waals surface area contributed by atoms with E-state index in [-0.39, 0.29) is 11.6 Å². The van der Waals surface area contributed by atoms with E-state index in [2.05, 4.69) is 15.4 Å². The first-order chi connectivity index (χ1) is 8.72. The summed E-state index contributed by atoms with van der Waals surface area (Å²) in [6, 6.07) is 0. The van der Waals surface area contributed by atoms with E-state index in [4.69, 9.17) is 5.84 Å². The summed E-state index contributed by atoms with van der Waals surface area (Å²) in [5, 5.41) is 11.0. The Kier molecular flexibility index (Phi) is 3.88. The molecule has 0 aromatic carbocycles. The van der Waals surface area contributed by atoms with Gasteiger partial charge in [-0.15, -0.1) is 0 Å². The molecule has 2 heterocycles. The summed E-state index contributed by atoms with van der Waals surface area (Å²) in [6.45, 7) is 1.56. The van der Waals surface area contributed by atoms with Crippen LogP contribution < -0.4 is 16.2 Å². The number of anilines is 2. The Bertz CT molecular complexity index is 430. The molecule has 0 spiro atoms. The van der Waals surface area contributed by atoms with E-state index in [0.29, 0.717) is 5.82 Å². The van der Waals surface area contributed by atoms with Crippen LogP contribution in [0.15, 0.2) is 6.20 Å². The average Bonchev–Trinajstić information content (AvgIpc) is 2.66. The average molecular weight is 252 g/mol. The third kappa shape index (κ3) is 2.65. The van der Waals surface area contributed by atoms with E-state index in [9.17, 15) is 10.1 Å². The van der Waals surface area contributed by atoms with E-state index < -0.39 is 4.92 Å². The van der Waals surface area contributed by atoms with Gasteiger partial charge >= 0.3 is 5.69 Å². The van der Waals surface area contributed by atoms with Crippen LogP contribution >= 0.6 is 0 Å². The fraction of sp³-hybridized carbons (Fsp3) is 0.600. The van der Waals surface area contributed by atoms with E-state index in [1.165, 1.54) is 6.20 Å². The number of aromatic nitrogens is 2. The number of nitrogens with two attached hydrogens (primary N) is 1. The maximum atomic E-state index is 11.0. The van der Waals surface area contributed by atoms with Crippen molar-refractivity contribution in [3.63, 3.8) is 0 Å². The van der Waals surface area contributed by atoms with Crippen molar-refractivity contribution in [2.24, 2.45) is 5.84 Å². The minimum Gasteiger partial charge on any atom is -0.351 e. The number of nitro groups is 1. The van der Waals surface area contributed by atoms with E-state index >= 15 is 0 Å². The normalized spacial score (nSPS) is 16.2. The molecule has 0 radical (unpaired) electrons. The molecule has 1 aliphatic rings. The van der Waals surface area contributed by atoms with Gasteiger partial charge in [0.1, 0.15) is 6.20 Å². The van der Waals surface area contributed by atoms with Crippen LogP contribution in [-0.4, -0.2) is 28.0 Å². The fourth-order valence-electron chi connectivity index (χ4n) is 2.08. The first kappa shape index (κ1) is 12.5. The molecule has 0 bridgehead atoms. The van der Waals surface area contributed by atoms with Crippen molar-refractivity contribution in [3.8, 4) is 0 Å². The molecule has 1 saturated heterocycles. The Hall–Kier alpha value is -1.96. The molecular weight excluding hydrogens is 236 g/mol. The predicted octanol–water partition coefficient (Wildman–Crippen LogP) is 1.05. The molecule has 1 aromatic rings. The SMILES string of the molecule is NNc1ncc([N+](=O)[O-])c(N2CCCCCC2)n1. The molecule has 0 atom stereocenters. The molecule has 0 aliphatic carbocycles. The number of hydrogen-bond donors (Lipinski definition) is 2. The summed E-state index contributed by atoms with van der Waals surface area (Å²) in [5.74, 6) is 5.79. The maximum Gasteiger partial charge on any atom is 0.329 e. The van der Waals surface area contributed by atoms with E-state index in [1.54, 1.807) is 0 Å². The zero-order valence-corrected chi connectivity index (χ0v) is 10.0. The number of nitrogen functional groups attached to an aromatic ring is 1. The van der Waals surface area contributed by atoms with Crippen LogP contribution in [0, 0.1) is 10.1 Å². The van der Waals surface area contributed by atoms with Crippen LogP contribution in [0.25, 0.3) is 0 Å². The Morgan fingerprint density at radius 2 is 2.00 bits per heavy atom. The molecule has 2 rings (SSSR count). The second-order valence-electron chi connectivity index (χ2n) is 4.21. The van der Waals surface area contributed by atoms with Crippen LogP contribution in [0.1, 0.15) is 25.7 Å². The van der Waals surface area contributed by atoms with Gasteiger partial charge in [-0.3, -0.25) is 15.5 Å². The summed E-state index contributed by atoms with van der Waals surface area (Å²) < 4.78 is 0. The first-order valence-electron chi connectivity index (χ1n) is 5.95. The third-order valence-corrected chi connectivity index (χ3v) is 2.98. The van der Waals surface area contributed by atoms with Crippen LogP contribution in [0.5, 0.6) is 0 Å². The number of rotatable bonds is 3. The summed E-state index contributed by atoms with van der Waals surface area (Å²) in [4.78, 5) is 20.4. The molecule has 0 amide bonds. The summed E-state index contributed by atoms with van der Waals surface area (Å²) >= 11 is 0. The fourth-order valence-corrected chi connectivity index (χ4v) is 2.08. The number of hydrazine groups is 1. The molecule has 8 nitrogen and oxygen atoms in total. The van der Waals surface area contributed by atoms with Crippen molar-refractivity contribution in [1.29, 1.82) is 0 Å². The Morgan fingerprint density at radius 3 is 2.56 bits per heavy atom. The molecule has 0 unspecified atom stereocenters. The molecule has 3 N–H and O–H groups in total. The highest BCUT2D eigenvalue weighted by Gasteiger charge is 2.23. The highest BCUT2D eigenvalue weighted by atomic mass is 16.6. The van der Waals surface area contributed by atoms with Crippen LogP contribution in [-0.2, 0) is 0 Å². The zero-order valence-electron chi connectivity index (χ0n) is 10.0. The summed E-state index contributed by atoms with van der Waals surface area (Å²) in [7, 11) is 0. The quantitative estimate of drug-likeness (QED) is 0.470.